The van der Waals surface area contributed by atoms with Crippen LogP contribution in [0.4, 0.5) is 13.2 Å². The number of hydrogen-bond donors (Lipinski definition) is 1. The fourth-order valence-electron chi connectivity index (χ4n) is 1.17. The van der Waals surface area contributed by atoms with Crippen LogP contribution in [0.5, 0.6) is 0 Å². The van der Waals surface area contributed by atoms with Crippen molar-refractivity contribution in [1.29, 1.82) is 0 Å². The first-order valence-electron chi connectivity index (χ1n) is 5.09. The summed E-state index contributed by atoms with van der Waals surface area (Å²) in [4.78, 5) is 0. The molecular weight excluding hydrogens is 205 g/mol. The molecule has 0 heterocycles. The van der Waals surface area contributed by atoms with Crippen LogP contribution in [0.1, 0.15) is 27.7 Å². The van der Waals surface area contributed by atoms with Gasteiger partial charge in [0.25, 0.3) is 0 Å². The molecule has 0 saturated carbocycles. The maximum Gasteiger partial charge on any atom is 0.397 e. The van der Waals surface area contributed by atoms with Gasteiger partial charge in [0.1, 0.15) is 0 Å². The van der Waals surface area contributed by atoms with Crippen molar-refractivity contribution in [2.24, 2.45) is 17.8 Å². The van der Waals surface area contributed by atoms with E-state index in [0.29, 0.717) is 0 Å². The second-order valence-corrected chi connectivity index (χ2v) is 4.43. The minimum atomic E-state index is -4.38. The van der Waals surface area contributed by atoms with Gasteiger partial charge in [-0.1, -0.05) is 39.8 Å². The third kappa shape index (κ3) is 5.21. The predicted molar refractivity (Wildman–Crippen MR) is 54.4 cm³/mol. The van der Waals surface area contributed by atoms with Gasteiger partial charge in [0.05, 0.1) is 12.0 Å². The highest BCUT2D eigenvalue weighted by Gasteiger charge is 2.43. The van der Waals surface area contributed by atoms with Gasteiger partial charge in [0.15, 0.2) is 0 Å². The number of alkyl halides is 3. The topological polar surface area (TPSA) is 20.2 Å². The van der Waals surface area contributed by atoms with Gasteiger partial charge < -0.3 is 5.11 Å². The average Bonchev–Trinajstić information content (AvgIpc) is 2.00. The Labute approximate surface area is 89.0 Å². The molecule has 0 aromatic carbocycles. The summed E-state index contributed by atoms with van der Waals surface area (Å²) in [5, 5.41) is 9.46. The van der Waals surface area contributed by atoms with Crippen LogP contribution in [0.3, 0.4) is 0 Å². The molecule has 90 valence electrons. The van der Waals surface area contributed by atoms with Gasteiger partial charge in [0.2, 0.25) is 0 Å². The smallest absolute Gasteiger partial charge is 0.392 e. The Morgan fingerprint density at radius 1 is 1.00 bits per heavy atom. The third-order valence-corrected chi connectivity index (χ3v) is 2.13. The van der Waals surface area contributed by atoms with Gasteiger partial charge in [-0.2, -0.15) is 13.2 Å². The lowest BCUT2D eigenvalue weighted by atomic mass is 9.91. The molecule has 0 aliphatic heterocycles. The summed E-state index contributed by atoms with van der Waals surface area (Å²) in [6.07, 6.45) is -3.21. The van der Waals surface area contributed by atoms with Gasteiger partial charge in [-0.05, 0) is 11.8 Å². The fraction of sp³-hybridized carbons (Fsp3) is 0.818. The molecule has 0 amide bonds. The molecule has 2 unspecified atom stereocenters. The number of halogens is 3. The van der Waals surface area contributed by atoms with Crippen molar-refractivity contribution in [3.63, 3.8) is 0 Å². The summed E-state index contributed by atoms with van der Waals surface area (Å²) < 4.78 is 37.7. The first-order valence-corrected chi connectivity index (χ1v) is 5.09. The van der Waals surface area contributed by atoms with Crippen molar-refractivity contribution in [2.75, 3.05) is 0 Å². The Hall–Kier alpha value is -0.510. The largest absolute Gasteiger partial charge is 0.397 e. The van der Waals surface area contributed by atoms with E-state index in [-0.39, 0.29) is 5.92 Å². The Morgan fingerprint density at radius 3 is 1.73 bits per heavy atom. The monoisotopic (exact) mass is 224 g/mol. The minimum absolute atomic E-state index is 0.0502. The SMILES string of the molecule is CC(C)/C=C\C(C(O)C(C)C)C(F)(F)F. The average molecular weight is 224 g/mol. The van der Waals surface area contributed by atoms with Gasteiger partial charge in [0, 0.05) is 0 Å². The van der Waals surface area contributed by atoms with Crippen LogP contribution >= 0.6 is 0 Å². The van der Waals surface area contributed by atoms with Crippen LogP contribution < -0.4 is 0 Å². The molecule has 0 radical (unpaired) electrons. The van der Waals surface area contributed by atoms with Crippen LogP contribution in [-0.2, 0) is 0 Å². The molecule has 0 aliphatic carbocycles. The molecule has 0 aromatic heterocycles. The Balaban J connectivity index is 4.75. The maximum atomic E-state index is 12.6. The van der Waals surface area contributed by atoms with E-state index in [1.807, 2.05) is 0 Å². The lowest BCUT2D eigenvalue weighted by molar-refractivity contribution is -0.189. The van der Waals surface area contributed by atoms with Crippen molar-refractivity contribution in [2.45, 2.75) is 40.0 Å². The molecule has 0 bridgehead atoms. The van der Waals surface area contributed by atoms with Crippen LogP contribution in [0.25, 0.3) is 0 Å². The Kier molecular flexibility index (Phi) is 5.35. The summed E-state index contributed by atoms with van der Waals surface area (Å²) in [5.41, 5.74) is 0. The number of allylic oxidation sites excluding steroid dienone is 1. The van der Waals surface area contributed by atoms with Crippen molar-refractivity contribution in [1.82, 2.24) is 0 Å². The van der Waals surface area contributed by atoms with E-state index in [4.69, 9.17) is 0 Å². The standard InChI is InChI=1S/C11H19F3O/c1-7(2)5-6-9(11(12,13)14)10(15)8(3)4/h5-10,15H,1-4H3/b6-5-. The Morgan fingerprint density at radius 2 is 1.47 bits per heavy atom. The molecular formula is C11H19F3O. The van der Waals surface area contributed by atoms with E-state index < -0.39 is 24.1 Å². The molecule has 4 heteroatoms. The first kappa shape index (κ1) is 14.5. The Bertz CT molecular complexity index is 206. The fourth-order valence-corrected chi connectivity index (χ4v) is 1.17. The summed E-state index contributed by atoms with van der Waals surface area (Å²) in [6, 6.07) is 0. The quantitative estimate of drug-likeness (QED) is 0.726. The zero-order valence-corrected chi connectivity index (χ0v) is 9.55. The number of rotatable bonds is 4. The molecule has 0 spiro atoms. The summed E-state index contributed by atoms with van der Waals surface area (Å²) in [5.74, 6) is -2.12. The normalized spacial score (nSPS) is 17.7. The van der Waals surface area contributed by atoms with Crippen molar-refractivity contribution in [3.8, 4) is 0 Å². The van der Waals surface area contributed by atoms with Crippen LogP contribution in [0, 0.1) is 17.8 Å². The maximum absolute atomic E-state index is 12.6. The lowest BCUT2D eigenvalue weighted by Gasteiger charge is -2.25. The van der Waals surface area contributed by atoms with Gasteiger partial charge >= 0.3 is 6.18 Å². The van der Waals surface area contributed by atoms with E-state index in [1.165, 1.54) is 6.08 Å². The lowest BCUT2D eigenvalue weighted by Crippen LogP contribution is -2.35. The molecule has 0 aliphatic rings. The van der Waals surface area contributed by atoms with Crippen LogP contribution in [0.15, 0.2) is 12.2 Å². The number of aliphatic hydroxyl groups excluding tert-OH is 1. The number of hydrogen-bond acceptors (Lipinski definition) is 1. The first-order chi connectivity index (χ1) is 6.66. The van der Waals surface area contributed by atoms with E-state index in [1.54, 1.807) is 27.7 Å². The zero-order valence-electron chi connectivity index (χ0n) is 9.55. The van der Waals surface area contributed by atoms with Crippen molar-refractivity contribution >= 4 is 0 Å². The summed E-state index contributed by atoms with van der Waals surface area (Å²) >= 11 is 0. The molecule has 1 nitrogen and oxygen atoms in total. The summed E-state index contributed by atoms with van der Waals surface area (Å²) in [7, 11) is 0. The van der Waals surface area contributed by atoms with Crippen molar-refractivity contribution in [3.05, 3.63) is 12.2 Å². The zero-order chi connectivity index (χ0) is 12.2. The van der Waals surface area contributed by atoms with E-state index >= 15 is 0 Å². The minimum Gasteiger partial charge on any atom is -0.392 e. The van der Waals surface area contributed by atoms with Gasteiger partial charge in [-0.3, -0.25) is 0 Å². The van der Waals surface area contributed by atoms with E-state index in [2.05, 4.69) is 0 Å². The third-order valence-electron chi connectivity index (χ3n) is 2.13. The highest BCUT2D eigenvalue weighted by atomic mass is 19.4. The van der Waals surface area contributed by atoms with E-state index in [9.17, 15) is 18.3 Å². The summed E-state index contributed by atoms with van der Waals surface area (Å²) in [6.45, 7) is 6.75. The number of aliphatic hydroxyl groups is 1. The molecule has 0 saturated heterocycles. The highest BCUT2D eigenvalue weighted by molar-refractivity contribution is 4.97. The van der Waals surface area contributed by atoms with Crippen molar-refractivity contribution < 1.29 is 18.3 Å². The molecule has 0 fully saturated rings. The molecule has 1 N–H and O–H groups in total. The van der Waals surface area contributed by atoms with Gasteiger partial charge in [-0.15, -0.1) is 0 Å². The molecule has 15 heavy (non-hydrogen) atoms. The molecule has 0 aromatic rings. The van der Waals surface area contributed by atoms with Crippen LogP contribution in [-0.4, -0.2) is 17.4 Å². The second-order valence-electron chi connectivity index (χ2n) is 4.43. The molecule has 2 atom stereocenters. The predicted octanol–water partition coefficient (Wildman–Crippen LogP) is 3.39. The highest BCUT2D eigenvalue weighted by Crippen LogP contribution is 2.32. The molecule has 0 rings (SSSR count). The van der Waals surface area contributed by atoms with Crippen LogP contribution in [0.2, 0.25) is 0 Å². The van der Waals surface area contributed by atoms with Gasteiger partial charge in [-0.25, -0.2) is 0 Å². The van der Waals surface area contributed by atoms with E-state index in [0.717, 1.165) is 6.08 Å². The second kappa shape index (κ2) is 5.54.